The van der Waals surface area contributed by atoms with Gasteiger partial charge in [0.2, 0.25) is 5.91 Å². The molecule has 0 saturated carbocycles. The predicted octanol–water partition coefficient (Wildman–Crippen LogP) is 1.67. The summed E-state index contributed by atoms with van der Waals surface area (Å²) in [6.45, 7) is 4.69. The van der Waals surface area contributed by atoms with E-state index < -0.39 is 0 Å². The van der Waals surface area contributed by atoms with Crippen molar-refractivity contribution < 1.29 is 9.53 Å². The molecule has 6 nitrogen and oxygen atoms in total. The van der Waals surface area contributed by atoms with Crippen molar-refractivity contribution in [3.8, 4) is 5.75 Å². The second kappa shape index (κ2) is 7.59. The smallest absolute Gasteiger partial charge is 0.224 e. The molecule has 1 aromatic carbocycles. The molecule has 6 heteroatoms. The van der Waals surface area contributed by atoms with E-state index >= 15 is 0 Å². The monoisotopic (exact) mass is 302 g/mol. The molecule has 1 unspecified atom stereocenters. The van der Waals surface area contributed by atoms with E-state index in [0.717, 1.165) is 11.3 Å². The third-order valence-electron chi connectivity index (χ3n) is 3.52. The largest absolute Gasteiger partial charge is 0.496 e. The summed E-state index contributed by atoms with van der Waals surface area (Å²) in [7, 11) is 1.61. The number of benzene rings is 1. The van der Waals surface area contributed by atoms with E-state index in [-0.39, 0.29) is 17.9 Å². The summed E-state index contributed by atoms with van der Waals surface area (Å²) in [5.74, 6) is 0.982. The first-order chi connectivity index (χ1) is 10.6. The van der Waals surface area contributed by atoms with Crippen molar-refractivity contribution in [1.29, 1.82) is 0 Å². The number of ether oxygens (including phenoxy) is 1. The first kappa shape index (κ1) is 16.0. The molecule has 118 valence electrons. The summed E-state index contributed by atoms with van der Waals surface area (Å²) in [5, 5.41) is 11.2. The van der Waals surface area contributed by atoms with Crippen LogP contribution in [0.2, 0.25) is 0 Å². The molecule has 1 N–H and O–H groups in total. The number of amides is 1. The van der Waals surface area contributed by atoms with Crippen LogP contribution < -0.4 is 10.1 Å². The maximum atomic E-state index is 12.3. The number of hydrogen-bond acceptors (Lipinski definition) is 4. The van der Waals surface area contributed by atoms with E-state index in [4.69, 9.17) is 4.74 Å². The average molecular weight is 302 g/mol. The number of hydrogen-bond donors (Lipinski definition) is 1. The molecule has 0 radical (unpaired) electrons. The maximum absolute atomic E-state index is 12.3. The number of nitrogens with zero attached hydrogens (tertiary/aromatic N) is 3. The van der Waals surface area contributed by atoms with Gasteiger partial charge >= 0.3 is 0 Å². The molecule has 1 aromatic heterocycles. The van der Waals surface area contributed by atoms with E-state index in [9.17, 15) is 4.79 Å². The zero-order valence-electron chi connectivity index (χ0n) is 13.2. The normalized spacial score (nSPS) is 12.2. The lowest BCUT2D eigenvalue weighted by molar-refractivity contribution is -0.121. The van der Waals surface area contributed by atoms with Gasteiger partial charge in [0.1, 0.15) is 5.75 Å². The first-order valence-electron chi connectivity index (χ1n) is 7.35. The van der Waals surface area contributed by atoms with Gasteiger partial charge in [0.25, 0.3) is 0 Å². The highest BCUT2D eigenvalue weighted by Gasteiger charge is 2.18. The lowest BCUT2D eigenvalue weighted by Crippen LogP contribution is -2.42. The molecule has 1 heterocycles. The second-order valence-electron chi connectivity index (χ2n) is 5.49. The Morgan fingerprint density at radius 2 is 1.95 bits per heavy atom. The highest BCUT2D eigenvalue weighted by Crippen LogP contribution is 2.17. The van der Waals surface area contributed by atoms with Gasteiger partial charge in [-0.05, 0) is 12.0 Å². The van der Waals surface area contributed by atoms with E-state index in [2.05, 4.69) is 29.4 Å². The fraction of sp³-hybridized carbons (Fsp3) is 0.438. The molecule has 1 atom stereocenters. The van der Waals surface area contributed by atoms with Crippen LogP contribution in [-0.2, 0) is 17.8 Å². The molecule has 0 spiro atoms. The Kier molecular flexibility index (Phi) is 5.52. The number of methoxy groups -OCH3 is 1. The predicted molar refractivity (Wildman–Crippen MR) is 83.5 cm³/mol. The van der Waals surface area contributed by atoms with Crippen LogP contribution in [0.5, 0.6) is 5.75 Å². The van der Waals surface area contributed by atoms with Crippen molar-refractivity contribution in [2.24, 2.45) is 5.92 Å². The van der Waals surface area contributed by atoms with E-state index in [1.54, 1.807) is 24.3 Å². The summed E-state index contributed by atoms with van der Waals surface area (Å²) in [6, 6.07) is 7.53. The van der Waals surface area contributed by atoms with Crippen LogP contribution in [0.3, 0.4) is 0 Å². The minimum Gasteiger partial charge on any atom is -0.496 e. The van der Waals surface area contributed by atoms with Crippen LogP contribution >= 0.6 is 0 Å². The standard InChI is InChI=1S/C16H22N4O2/c1-12(2)14(11-20-17-8-9-18-20)19-16(21)10-13-6-4-5-7-15(13)22-3/h4-9,12,14H,10-11H2,1-3H3,(H,19,21). The third kappa shape index (κ3) is 4.31. The topological polar surface area (TPSA) is 69.0 Å². The zero-order valence-corrected chi connectivity index (χ0v) is 13.2. The van der Waals surface area contributed by atoms with Crippen LogP contribution in [0.4, 0.5) is 0 Å². The Labute approximate surface area is 130 Å². The summed E-state index contributed by atoms with van der Waals surface area (Å²) in [6.07, 6.45) is 3.56. The van der Waals surface area contributed by atoms with Gasteiger partial charge in [0, 0.05) is 5.56 Å². The van der Waals surface area contributed by atoms with E-state index in [1.165, 1.54) is 0 Å². The Hall–Kier alpha value is -2.37. The molecule has 0 aliphatic heterocycles. The molecule has 1 amide bonds. The number of carbonyl (C=O) groups is 1. The number of rotatable bonds is 7. The zero-order chi connectivity index (χ0) is 15.9. The molecule has 0 saturated heterocycles. The maximum Gasteiger partial charge on any atom is 0.224 e. The molecule has 0 aliphatic rings. The summed E-state index contributed by atoms with van der Waals surface area (Å²) < 4.78 is 5.28. The lowest BCUT2D eigenvalue weighted by Gasteiger charge is -2.22. The summed E-state index contributed by atoms with van der Waals surface area (Å²) in [4.78, 5) is 13.9. The molecule has 2 rings (SSSR count). The van der Waals surface area contributed by atoms with Crippen LogP contribution in [0, 0.1) is 5.92 Å². The SMILES string of the molecule is COc1ccccc1CC(=O)NC(Cn1nccn1)C(C)C. The van der Waals surface area contributed by atoms with E-state index in [1.807, 2.05) is 24.3 Å². The number of para-hydroxylation sites is 1. The molecular weight excluding hydrogens is 280 g/mol. The number of nitrogens with one attached hydrogen (secondary N) is 1. The van der Waals surface area contributed by atoms with Crippen molar-refractivity contribution >= 4 is 5.91 Å². The first-order valence-corrected chi connectivity index (χ1v) is 7.35. The number of aromatic nitrogens is 3. The van der Waals surface area contributed by atoms with Gasteiger partial charge < -0.3 is 10.1 Å². The van der Waals surface area contributed by atoms with Crippen LogP contribution in [0.1, 0.15) is 19.4 Å². The van der Waals surface area contributed by atoms with Gasteiger partial charge in [0.05, 0.1) is 38.5 Å². The van der Waals surface area contributed by atoms with Crippen molar-refractivity contribution in [1.82, 2.24) is 20.3 Å². The van der Waals surface area contributed by atoms with E-state index in [0.29, 0.717) is 13.0 Å². The van der Waals surface area contributed by atoms with Gasteiger partial charge in [-0.15, -0.1) is 0 Å². The Balaban J connectivity index is 1.99. The van der Waals surface area contributed by atoms with Crippen LogP contribution in [-0.4, -0.2) is 34.1 Å². The van der Waals surface area contributed by atoms with Gasteiger partial charge in [0.15, 0.2) is 0 Å². The van der Waals surface area contributed by atoms with Gasteiger partial charge in [-0.2, -0.15) is 15.0 Å². The summed E-state index contributed by atoms with van der Waals surface area (Å²) in [5.41, 5.74) is 0.877. The van der Waals surface area contributed by atoms with Gasteiger partial charge in [-0.25, -0.2) is 0 Å². The van der Waals surface area contributed by atoms with Crippen molar-refractivity contribution in [2.45, 2.75) is 32.9 Å². The van der Waals surface area contributed by atoms with Crippen LogP contribution in [0.25, 0.3) is 0 Å². The average Bonchev–Trinajstić information content (AvgIpc) is 3.00. The Bertz CT molecular complexity index is 596. The van der Waals surface area contributed by atoms with Crippen molar-refractivity contribution in [3.63, 3.8) is 0 Å². The molecule has 0 fully saturated rings. The quantitative estimate of drug-likeness (QED) is 0.844. The van der Waals surface area contributed by atoms with Crippen LogP contribution in [0.15, 0.2) is 36.7 Å². The van der Waals surface area contributed by atoms with Gasteiger partial charge in [-0.3, -0.25) is 4.79 Å². The third-order valence-corrected chi connectivity index (χ3v) is 3.52. The minimum atomic E-state index is -0.0321. The molecule has 2 aromatic rings. The van der Waals surface area contributed by atoms with Gasteiger partial charge in [-0.1, -0.05) is 32.0 Å². The molecule has 22 heavy (non-hydrogen) atoms. The van der Waals surface area contributed by atoms with Crippen molar-refractivity contribution in [3.05, 3.63) is 42.2 Å². The number of carbonyl (C=O) groups excluding carboxylic acids is 1. The minimum absolute atomic E-state index is 0.0189. The molecular formula is C16H22N4O2. The molecule has 0 aliphatic carbocycles. The summed E-state index contributed by atoms with van der Waals surface area (Å²) >= 11 is 0. The fourth-order valence-electron chi connectivity index (χ4n) is 2.22. The fourth-order valence-corrected chi connectivity index (χ4v) is 2.22. The Morgan fingerprint density at radius 1 is 1.27 bits per heavy atom. The molecule has 0 bridgehead atoms. The lowest BCUT2D eigenvalue weighted by atomic mass is 10.0. The highest BCUT2D eigenvalue weighted by atomic mass is 16.5. The second-order valence-corrected chi connectivity index (χ2v) is 5.49. The Morgan fingerprint density at radius 3 is 2.59 bits per heavy atom. The van der Waals surface area contributed by atoms with Crippen molar-refractivity contribution in [2.75, 3.05) is 7.11 Å². The highest BCUT2D eigenvalue weighted by molar-refractivity contribution is 5.79.